The molecule has 0 amide bonds. The minimum absolute atomic E-state index is 0.0496. The number of nitro groups is 1. The highest BCUT2D eigenvalue weighted by Gasteiger charge is 2.23. The molecule has 0 aliphatic rings. The molecule has 1 atom stereocenters. The Morgan fingerprint density at radius 3 is 2.78 bits per heavy atom. The number of hydrogen-bond acceptors (Lipinski definition) is 6. The summed E-state index contributed by atoms with van der Waals surface area (Å²) in [4.78, 5) is 18.8. The quantitative estimate of drug-likeness (QED) is 0.274. The number of benzene rings is 1. The Morgan fingerprint density at radius 2 is 2.19 bits per heavy atom. The zero-order valence-electron chi connectivity index (χ0n) is 14.6. The number of hydrogen-bond donors (Lipinski definition) is 1. The number of nitrogens with zero attached hydrogens (tertiary/aromatic N) is 5. The van der Waals surface area contributed by atoms with Gasteiger partial charge in [-0.2, -0.15) is 19.6 Å². The highest BCUT2D eigenvalue weighted by Crippen LogP contribution is 2.39. The lowest BCUT2D eigenvalue weighted by Gasteiger charge is -2.22. The number of rotatable bonds is 6. The van der Waals surface area contributed by atoms with Crippen molar-refractivity contribution >= 4 is 40.5 Å². The SMILES string of the molecule is C=C(C)C(CC)Nc1c(-c2ccc([N+](=O)[O-])cc2Cl)c(Cl)nc2ncnn12. The van der Waals surface area contributed by atoms with Crippen molar-refractivity contribution in [3.05, 3.63) is 57.0 Å². The molecule has 3 rings (SSSR count). The third-order valence-corrected chi connectivity index (χ3v) is 4.72. The van der Waals surface area contributed by atoms with E-state index in [1.807, 2.05) is 13.8 Å². The Morgan fingerprint density at radius 1 is 1.44 bits per heavy atom. The predicted octanol–water partition coefficient (Wildman–Crippen LogP) is 4.77. The first-order valence-electron chi connectivity index (χ1n) is 8.09. The molecule has 2 heterocycles. The van der Waals surface area contributed by atoms with Crippen molar-refractivity contribution in [2.45, 2.75) is 26.3 Å². The number of non-ortho nitro benzene ring substituents is 1. The minimum Gasteiger partial charge on any atom is -0.363 e. The molecule has 27 heavy (non-hydrogen) atoms. The maximum Gasteiger partial charge on any atom is 0.270 e. The highest BCUT2D eigenvalue weighted by atomic mass is 35.5. The fraction of sp³-hybridized carbons (Fsp3) is 0.235. The number of anilines is 1. The molecule has 0 bridgehead atoms. The van der Waals surface area contributed by atoms with Gasteiger partial charge >= 0.3 is 0 Å². The summed E-state index contributed by atoms with van der Waals surface area (Å²) in [5.41, 5.74) is 1.79. The van der Waals surface area contributed by atoms with Crippen molar-refractivity contribution in [3.63, 3.8) is 0 Å². The third kappa shape index (κ3) is 3.58. The number of halogens is 2. The Kier molecular flexibility index (Phi) is 5.29. The third-order valence-electron chi connectivity index (χ3n) is 4.13. The molecule has 0 aliphatic carbocycles. The van der Waals surface area contributed by atoms with Crippen LogP contribution in [0.4, 0.5) is 11.5 Å². The molecule has 0 saturated carbocycles. The molecule has 0 aliphatic heterocycles. The van der Waals surface area contributed by atoms with Gasteiger partial charge in [-0.3, -0.25) is 10.1 Å². The lowest BCUT2D eigenvalue weighted by atomic mass is 10.0. The highest BCUT2D eigenvalue weighted by molar-refractivity contribution is 6.36. The number of aromatic nitrogens is 4. The van der Waals surface area contributed by atoms with Gasteiger partial charge in [0.25, 0.3) is 11.5 Å². The van der Waals surface area contributed by atoms with Crippen molar-refractivity contribution in [1.29, 1.82) is 0 Å². The topological polar surface area (TPSA) is 98.2 Å². The van der Waals surface area contributed by atoms with Gasteiger partial charge in [-0.25, -0.2) is 0 Å². The largest absolute Gasteiger partial charge is 0.363 e. The number of nitro benzene ring substituents is 1. The van der Waals surface area contributed by atoms with Gasteiger partial charge in [0.2, 0.25) is 0 Å². The first-order valence-corrected chi connectivity index (χ1v) is 8.84. The van der Waals surface area contributed by atoms with E-state index < -0.39 is 4.92 Å². The Bertz CT molecular complexity index is 1050. The van der Waals surface area contributed by atoms with E-state index in [1.54, 1.807) is 6.07 Å². The molecule has 3 aromatic rings. The zero-order chi connectivity index (χ0) is 19.7. The monoisotopic (exact) mass is 406 g/mol. The van der Waals surface area contributed by atoms with Crippen LogP contribution in [0.25, 0.3) is 16.9 Å². The van der Waals surface area contributed by atoms with Crippen molar-refractivity contribution in [3.8, 4) is 11.1 Å². The second kappa shape index (κ2) is 7.50. The van der Waals surface area contributed by atoms with Gasteiger partial charge < -0.3 is 5.32 Å². The maximum absolute atomic E-state index is 11.0. The van der Waals surface area contributed by atoms with Crippen LogP contribution in [0.1, 0.15) is 20.3 Å². The second-order valence-electron chi connectivity index (χ2n) is 5.97. The first-order chi connectivity index (χ1) is 12.8. The van der Waals surface area contributed by atoms with Crippen molar-refractivity contribution in [2.75, 3.05) is 5.32 Å². The van der Waals surface area contributed by atoms with Gasteiger partial charge in [-0.05, 0) is 19.4 Å². The van der Waals surface area contributed by atoms with Gasteiger partial charge in [-0.15, -0.1) is 0 Å². The molecule has 0 fully saturated rings. The van der Waals surface area contributed by atoms with E-state index in [1.165, 1.54) is 23.0 Å². The number of fused-ring (bicyclic) bond motifs is 1. The standard InChI is InChI=1S/C17H16Cl2N6O2/c1-4-13(9(2)3)22-16-14(15(19)23-17-20-8-21-24(16)17)11-6-5-10(25(26)27)7-12(11)18/h5-8,13,22H,2,4H2,1,3H3. The summed E-state index contributed by atoms with van der Waals surface area (Å²) in [6.07, 6.45) is 2.14. The minimum atomic E-state index is -0.510. The summed E-state index contributed by atoms with van der Waals surface area (Å²) >= 11 is 12.8. The van der Waals surface area contributed by atoms with Gasteiger partial charge in [-0.1, -0.05) is 42.3 Å². The van der Waals surface area contributed by atoms with Gasteiger partial charge in [0, 0.05) is 23.7 Å². The van der Waals surface area contributed by atoms with Crippen LogP contribution in [-0.4, -0.2) is 30.5 Å². The van der Waals surface area contributed by atoms with E-state index in [0.29, 0.717) is 22.7 Å². The van der Waals surface area contributed by atoms with Gasteiger partial charge in [0.15, 0.2) is 0 Å². The first kappa shape index (κ1) is 19.1. The molecular formula is C17H16Cl2N6O2. The smallest absolute Gasteiger partial charge is 0.270 e. The van der Waals surface area contributed by atoms with E-state index in [9.17, 15) is 10.1 Å². The van der Waals surface area contributed by atoms with Crippen LogP contribution in [0.5, 0.6) is 0 Å². The van der Waals surface area contributed by atoms with E-state index in [-0.39, 0.29) is 21.9 Å². The molecule has 2 aromatic heterocycles. The zero-order valence-corrected chi connectivity index (χ0v) is 16.1. The fourth-order valence-corrected chi connectivity index (χ4v) is 3.28. The van der Waals surface area contributed by atoms with Crippen LogP contribution in [0.3, 0.4) is 0 Å². The van der Waals surface area contributed by atoms with Gasteiger partial charge in [0.05, 0.1) is 15.5 Å². The molecule has 1 N–H and O–H groups in total. The number of nitrogens with one attached hydrogen (secondary N) is 1. The molecule has 8 nitrogen and oxygen atoms in total. The Labute approximate surface area is 165 Å². The van der Waals surface area contributed by atoms with Crippen LogP contribution in [0.15, 0.2) is 36.7 Å². The van der Waals surface area contributed by atoms with Crippen molar-refractivity contribution in [2.24, 2.45) is 0 Å². The van der Waals surface area contributed by atoms with Gasteiger partial charge in [0.1, 0.15) is 17.3 Å². The van der Waals surface area contributed by atoms with Crippen LogP contribution in [0.2, 0.25) is 10.2 Å². The molecule has 1 unspecified atom stereocenters. The Balaban J connectivity index is 2.26. The summed E-state index contributed by atoms with van der Waals surface area (Å²) < 4.78 is 1.52. The average molecular weight is 407 g/mol. The molecule has 10 heteroatoms. The summed E-state index contributed by atoms with van der Waals surface area (Å²) in [5, 5.41) is 18.9. The summed E-state index contributed by atoms with van der Waals surface area (Å²) in [6, 6.07) is 4.13. The second-order valence-corrected chi connectivity index (χ2v) is 6.74. The summed E-state index contributed by atoms with van der Waals surface area (Å²) in [5.74, 6) is 0.856. The Hall–Kier alpha value is -2.71. The normalized spacial score (nSPS) is 12.1. The van der Waals surface area contributed by atoms with E-state index in [0.717, 1.165) is 12.0 Å². The molecule has 0 spiro atoms. The molecule has 0 radical (unpaired) electrons. The lowest BCUT2D eigenvalue weighted by Crippen LogP contribution is -2.22. The summed E-state index contributed by atoms with van der Waals surface area (Å²) in [7, 11) is 0. The van der Waals surface area contributed by atoms with E-state index >= 15 is 0 Å². The lowest BCUT2D eigenvalue weighted by molar-refractivity contribution is -0.384. The molecular weight excluding hydrogens is 391 g/mol. The van der Waals surface area contributed by atoms with E-state index in [4.69, 9.17) is 23.2 Å². The predicted molar refractivity (Wildman–Crippen MR) is 105 cm³/mol. The maximum atomic E-state index is 11.0. The van der Waals surface area contributed by atoms with Crippen LogP contribution >= 0.6 is 23.2 Å². The van der Waals surface area contributed by atoms with E-state index in [2.05, 4.69) is 27.0 Å². The molecule has 140 valence electrons. The average Bonchev–Trinajstić information content (AvgIpc) is 3.07. The van der Waals surface area contributed by atoms with Crippen LogP contribution in [-0.2, 0) is 0 Å². The fourth-order valence-electron chi connectivity index (χ4n) is 2.75. The molecule has 1 aromatic carbocycles. The van der Waals surface area contributed by atoms with Crippen LogP contribution in [0, 0.1) is 10.1 Å². The van der Waals surface area contributed by atoms with Crippen molar-refractivity contribution in [1.82, 2.24) is 19.6 Å². The molecule has 0 saturated heterocycles. The van der Waals surface area contributed by atoms with Crippen LogP contribution < -0.4 is 5.32 Å². The van der Waals surface area contributed by atoms with Crippen molar-refractivity contribution < 1.29 is 4.92 Å². The summed E-state index contributed by atoms with van der Waals surface area (Å²) in [6.45, 7) is 7.94.